The molecule has 4 nitrogen and oxygen atoms in total. The summed E-state index contributed by atoms with van der Waals surface area (Å²) in [5, 5.41) is 11.0. The average Bonchev–Trinajstić information content (AvgIpc) is 2.55. The Morgan fingerprint density at radius 3 is 2.14 bits per heavy atom. The van der Waals surface area contributed by atoms with Crippen LogP contribution >= 0.6 is 0 Å². The van der Waals surface area contributed by atoms with Crippen LogP contribution in [-0.2, 0) is 0 Å². The van der Waals surface area contributed by atoms with Gasteiger partial charge in [0.25, 0.3) is 11.8 Å². The molecule has 0 spiro atoms. The number of carbonyl (C=O) groups is 2. The Morgan fingerprint density at radius 2 is 1.41 bits per heavy atom. The number of aromatic hydroxyl groups is 1. The van der Waals surface area contributed by atoms with E-state index in [1.165, 1.54) is 11.0 Å². The molecule has 22 heavy (non-hydrogen) atoms. The van der Waals surface area contributed by atoms with Crippen molar-refractivity contribution in [2.24, 2.45) is 0 Å². The van der Waals surface area contributed by atoms with Gasteiger partial charge < -0.3 is 5.11 Å². The van der Waals surface area contributed by atoms with E-state index in [2.05, 4.69) is 0 Å². The van der Waals surface area contributed by atoms with E-state index in [0.29, 0.717) is 27.6 Å². The van der Waals surface area contributed by atoms with Crippen molar-refractivity contribution in [3.8, 4) is 5.75 Å². The van der Waals surface area contributed by atoms with Crippen LogP contribution in [0.4, 0.5) is 5.69 Å². The van der Waals surface area contributed by atoms with Gasteiger partial charge in [-0.3, -0.25) is 9.59 Å². The predicted octanol–water partition coefficient (Wildman–Crippen LogP) is 3.35. The van der Waals surface area contributed by atoms with Gasteiger partial charge in [0.1, 0.15) is 5.75 Å². The lowest BCUT2D eigenvalue weighted by atomic mass is 9.93. The molecule has 3 aromatic rings. The molecule has 1 heterocycles. The minimum Gasteiger partial charge on any atom is -0.507 e. The Hall–Kier alpha value is -3.14. The first kappa shape index (κ1) is 12.6. The monoisotopic (exact) mass is 289 g/mol. The standard InChI is InChI=1S/C18H11NO3/c20-15-10-9-14-16-12(15)7-4-8-13(16)17(21)19(18(14)22)11-5-2-1-3-6-11/h1-10,20H. The Bertz CT molecular complexity index is 909. The van der Waals surface area contributed by atoms with Crippen LogP contribution in [-0.4, -0.2) is 16.9 Å². The molecule has 0 atom stereocenters. The Morgan fingerprint density at radius 1 is 0.727 bits per heavy atom. The van der Waals surface area contributed by atoms with Crippen LogP contribution < -0.4 is 4.90 Å². The summed E-state index contributed by atoms with van der Waals surface area (Å²) in [4.78, 5) is 26.7. The zero-order chi connectivity index (χ0) is 15.3. The molecule has 0 radical (unpaired) electrons. The van der Waals surface area contributed by atoms with E-state index in [1.54, 1.807) is 48.5 Å². The number of anilines is 1. The van der Waals surface area contributed by atoms with Gasteiger partial charge in [-0.15, -0.1) is 0 Å². The number of benzene rings is 3. The van der Waals surface area contributed by atoms with Crippen LogP contribution in [0, 0.1) is 0 Å². The molecular formula is C18H11NO3. The summed E-state index contributed by atoms with van der Waals surface area (Å²) in [5.41, 5.74) is 1.38. The van der Waals surface area contributed by atoms with Gasteiger partial charge in [-0.2, -0.15) is 0 Å². The third kappa shape index (κ3) is 1.58. The fourth-order valence-electron chi connectivity index (χ4n) is 2.89. The smallest absolute Gasteiger partial charge is 0.265 e. The largest absolute Gasteiger partial charge is 0.507 e. The van der Waals surface area contributed by atoms with E-state index in [-0.39, 0.29) is 17.6 Å². The molecule has 1 aliphatic rings. The first-order valence-electron chi connectivity index (χ1n) is 6.87. The summed E-state index contributed by atoms with van der Waals surface area (Å²) in [7, 11) is 0. The van der Waals surface area contributed by atoms with Crippen LogP contribution in [0.25, 0.3) is 10.8 Å². The number of amides is 2. The third-order valence-corrected chi connectivity index (χ3v) is 3.90. The van der Waals surface area contributed by atoms with Crippen molar-refractivity contribution in [3.05, 3.63) is 71.8 Å². The number of imide groups is 1. The van der Waals surface area contributed by atoms with Crippen LogP contribution in [0.3, 0.4) is 0 Å². The second kappa shape index (κ2) is 4.43. The quantitative estimate of drug-likeness (QED) is 0.699. The van der Waals surface area contributed by atoms with Crippen LogP contribution in [0.2, 0.25) is 0 Å². The molecular weight excluding hydrogens is 278 g/mol. The molecule has 106 valence electrons. The maximum Gasteiger partial charge on any atom is 0.265 e. The van der Waals surface area contributed by atoms with Crippen LogP contribution in [0.5, 0.6) is 5.75 Å². The van der Waals surface area contributed by atoms with Crippen molar-refractivity contribution in [2.75, 3.05) is 4.90 Å². The van der Waals surface area contributed by atoms with Crippen LogP contribution in [0.15, 0.2) is 60.7 Å². The predicted molar refractivity (Wildman–Crippen MR) is 83.2 cm³/mol. The number of para-hydroxylation sites is 1. The van der Waals surface area contributed by atoms with Crippen LogP contribution in [0.1, 0.15) is 20.7 Å². The summed E-state index contributed by atoms with van der Waals surface area (Å²) in [6.07, 6.45) is 0. The normalized spacial score (nSPS) is 13.7. The molecule has 3 aromatic carbocycles. The summed E-state index contributed by atoms with van der Waals surface area (Å²) in [6, 6.07) is 17.0. The second-order valence-electron chi connectivity index (χ2n) is 5.14. The second-order valence-corrected chi connectivity index (χ2v) is 5.14. The molecule has 0 saturated heterocycles. The topological polar surface area (TPSA) is 57.6 Å². The van der Waals surface area contributed by atoms with Gasteiger partial charge in [-0.25, -0.2) is 4.90 Å². The van der Waals surface area contributed by atoms with Gasteiger partial charge in [-0.1, -0.05) is 30.3 Å². The summed E-state index contributed by atoms with van der Waals surface area (Å²) in [6.45, 7) is 0. The van der Waals surface area contributed by atoms with E-state index >= 15 is 0 Å². The maximum atomic E-state index is 12.7. The minimum absolute atomic E-state index is 0.0642. The molecule has 0 fully saturated rings. The molecule has 0 aliphatic carbocycles. The van der Waals surface area contributed by atoms with Gasteiger partial charge in [0.15, 0.2) is 0 Å². The van der Waals surface area contributed by atoms with Crippen molar-refractivity contribution >= 4 is 28.3 Å². The number of phenolic OH excluding ortho intramolecular Hbond substituents is 1. The highest BCUT2D eigenvalue weighted by Crippen LogP contribution is 2.36. The van der Waals surface area contributed by atoms with Gasteiger partial charge in [0.2, 0.25) is 0 Å². The molecule has 4 rings (SSSR count). The number of rotatable bonds is 1. The molecule has 1 aliphatic heterocycles. The summed E-state index contributed by atoms with van der Waals surface area (Å²) in [5.74, 6) is -0.686. The van der Waals surface area contributed by atoms with E-state index in [9.17, 15) is 14.7 Å². The zero-order valence-corrected chi connectivity index (χ0v) is 11.5. The summed E-state index contributed by atoms with van der Waals surface area (Å²) >= 11 is 0. The Balaban J connectivity index is 2.03. The first-order valence-corrected chi connectivity index (χ1v) is 6.87. The number of nitrogens with zero attached hydrogens (tertiary/aromatic N) is 1. The molecule has 0 bridgehead atoms. The Kier molecular flexibility index (Phi) is 2.53. The highest BCUT2D eigenvalue weighted by atomic mass is 16.3. The van der Waals surface area contributed by atoms with Gasteiger partial charge in [-0.05, 0) is 30.3 Å². The molecule has 4 heteroatoms. The fourth-order valence-corrected chi connectivity index (χ4v) is 2.89. The van der Waals surface area contributed by atoms with Crippen molar-refractivity contribution in [2.45, 2.75) is 0 Å². The van der Waals surface area contributed by atoms with Crippen molar-refractivity contribution in [3.63, 3.8) is 0 Å². The number of hydrogen-bond donors (Lipinski definition) is 1. The summed E-state index contributed by atoms with van der Waals surface area (Å²) < 4.78 is 0. The van der Waals surface area contributed by atoms with E-state index in [1.807, 2.05) is 6.07 Å². The minimum atomic E-state index is -0.375. The highest BCUT2D eigenvalue weighted by Gasteiger charge is 2.34. The zero-order valence-electron chi connectivity index (χ0n) is 11.5. The van der Waals surface area contributed by atoms with Crippen molar-refractivity contribution < 1.29 is 14.7 Å². The number of phenols is 1. The third-order valence-electron chi connectivity index (χ3n) is 3.90. The number of hydrogen-bond acceptors (Lipinski definition) is 3. The van der Waals surface area contributed by atoms with Gasteiger partial charge in [0, 0.05) is 21.9 Å². The maximum absolute atomic E-state index is 12.7. The SMILES string of the molecule is O=C1c2cccc3c(O)ccc(c23)C(=O)N1c1ccccc1. The average molecular weight is 289 g/mol. The molecule has 0 saturated carbocycles. The fraction of sp³-hybridized carbons (Fsp3) is 0. The molecule has 2 amide bonds. The van der Waals surface area contributed by atoms with E-state index < -0.39 is 0 Å². The molecule has 0 unspecified atom stereocenters. The highest BCUT2D eigenvalue weighted by molar-refractivity contribution is 6.36. The lowest BCUT2D eigenvalue weighted by molar-refractivity contribution is 0.0893. The van der Waals surface area contributed by atoms with Gasteiger partial charge in [0.05, 0.1) is 5.69 Å². The lowest BCUT2D eigenvalue weighted by Gasteiger charge is -2.27. The first-order chi connectivity index (χ1) is 10.7. The van der Waals surface area contributed by atoms with Crippen molar-refractivity contribution in [1.82, 2.24) is 0 Å². The molecule has 1 N–H and O–H groups in total. The van der Waals surface area contributed by atoms with Gasteiger partial charge >= 0.3 is 0 Å². The van der Waals surface area contributed by atoms with E-state index in [0.717, 1.165) is 0 Å². The lowest BCUT2D eigenvalue weighted by Crippen LogP contribution is -2.40. The Labute approximate surface area is 126 Å². The van der Waals surface area contributed by atoms with E-state index in [4.69, 9.17) is 0 Å². The number of carbonyl (C=O) groups excluding carboxylic acids is 2. The molecule has 0 aromatic heterocycles. The van der Waals surface area contributed by atoms with Crippen molar-refractivity contribution in [1.29, 1.82) is 0 Å².